The Balaban J connectivity index is 2.47. The lowest BCUT2D eigenvalue weighted by Crippen LogP contribution is -2.47. The van der Waals surface area contributed by atoms with Crippen LogP contribution >= 0.6 is 0 Å². The second-order valence-electron chi connectivity index (χ2n) is 4.95. The van der Waals surface area contributed by atoms with E-state index >= 15 is 0 Å². The molecule has 1 saturated heterocycles. The lowest BCUT2D eigenvalue weighted by Gasteiger charge is -2.26. The van der Waals surface area contributed by atoms with Crippen LogP contribution in [0, 0.1) is 13.8 Å². The summed E-state index contributed by atoms with van der Waals surface area (Å²) < 4.78 is 5.18. The van der Waals surface area contributed by atoms with Gasteiger partial charge in [0.2, 0.25) is 0 Å². The van der Waals surface area contributed by atoms with Gasteiger partial charge < -0.3 is 20.9 Å². The van der Waals surface area contributed by atoms with Gasteiger partial charge in [0.1, 0.15) is 0 Å². The number of carboxylic acid groups (broad SMARTS) is 1. The lowest BCUT2D eigenvalue weighted by atomic mass is 9.97. The van der Waals surface area contributed by atoms with Crippen molar-refractivity contribution >= 4 is 17.6 Å². The Hall–Kier alpha value is -2.15. The molecule has 0 aliphatic carbocycles. The number of rotatable bonds is 4. The van der Waals surface area contributed by atoms with Crippen LogP contribution in [0.5, 0.6) is 0 Å². The van der Waals surface area contributed by atoms with Crippen LogP contribution in [0.3, 0.4) is 0 Å². The summed E-state index contributed by atoms with van der Waals surface area (Å²) in [6, 6.07) is 1.62. The number of nitrogens with one attached hydrogen (secondary N) is 1. The van der Waals surface area contributed by atoms with Crippen molar-refractivity contribution < 1.29 is 19.4 Å². The van der Waals surface area contributed by atoms with Crippen LogP contribution in [-0.2, 0) is 9.53 Å². The third kappa shape index (κ3) is 2.44. The van der Waals surface area contributed by atoms with E-state index in [2.05, 4.69) is 10.3 Å². The number of nitrogens with two attached hydrogens (primary N) is 1. The van der Waals surface area contributed by atoms with Crippen molar-refractivity contribution in [3.63, 3.8) is 0 Å². The van der Waals surface area contributed by atoms with Gasteiger partial charge in [-0.1, -0.05) is 0 Å². The molecule has 7 nitrogen and oxygen atoms in total. The summed E-state index contributed by atoms with van der Waals surface area (Å²) in [6.07, 6.45) is 0.320. The SMILES string of the molecule is Cc1cc(NC2(C(=O)O)CCOC2)c(C(N)=O)c(C)n1. The van der Waals surface area contributed by atoms with Crippen LogP contribution in [-0.4, -0.2) is 40.7 Å². The van der Waals surface area contributed by atoms with E-state index in [1.807, 2.05) is 0 Å². The van der Waals surface area contributed by atoms with Crippen molar-refractivity contribution in [3.8, 4) is 0 Å². The molecule has 20 heavy (non-hydrogen) atoms. The molecule has 1 aromatic heterocycles. The number of aromatic nitrogens is 1. The lowest BCUT2D eigenvalue weighted by molar-refractivity contribution is -0.142. The Morgan fingerprint density at radius 3 is 2.70 bits per heavy atom. The number of primary amides is 1. The number of carbonyl (C=O) groups is 2. The number of nitrogens with zero attached hydrogens (tertiary/aromatic N) is 1. The van der Waals surface area contributed by atoms with E-state index in [0.717, 1.165) is 0 Å². The van der Waals surface area contributed by atoms with Crippen LogP contribution in [0.1, 0.15) is 28.2 Å². The molecular weight excluding hydrogens is 262 g/mol. The highest BCUT2D eigenvalue weighted by molar-refractivity contribution is 6.00. The number of carbonyl (C=O) groups excluding carboxylic acids is 1. The van der Waals surface area contributed by atoms with Gasteiger partial charge in [-0.05, 0) is 19.9 Å². The van der Waals surface area contributed by atoms with E-state index in [0.29, 0.717) is 30.1 Å². The Bertz CT molecular complexity index is 565. The molecule has 108 valence electrons. The molecule has 4 N–H and O–H groups in total. The van der Waals surface area contributed by atoms with E-state index in [9.17, 15) is 14.7 Å². The van der Waals surface area contributed by atoms with Gasteiger partial charge in [-0.2, -0.15) is 0 Å². The van der Waals surface area contributed by atoms with Gasteiger partial charge in [0.15, 0.2) is 5.54 Å². The quantitative estimate of drug-likeness (QED) is 0.737. The molecule has 1 fully saturated rings. The fraction of sp³-hybridized carbons (Fsp3) is 0.462. The van der Waals surface area contributed by atoms with Crippen molar-refractivity contribution in [1.82, 2.24) is 4.98 Å². The maximum atomic E-state index is 11.6. The Morgan fingerprint density at radius 2 is 2.20 bits per heavy atom. The van der Waals surface area contributed by atoms with E-state index in [1.165, 1.54) is 0 Å². The van der Waals surface area contributed by atoms with Crippen LogP contribution in [0.2, 0.25) is 0 Å². The van der Waals surface area contributed by atoms with Gasteiger partial charge in [0, 0.05) is 18.7 Å². The summed E-state index contributed by atoms with van der Waals surface area (Å²) in [5.74, 6) is -1.66. The largest absolute Gasteiger partial charge is 0.479 e. The molecule has 1 amide bonds. The first kappa shape index (κ1) is 14.3. The highest BCUT2D eigenvalue weighted by Gasteiger charge is 2.43. The molecule has 2 rings (SSSR count). The number of aryl methyl sites for hydroxylation is 2. The van der Waals surface area contributed by atoms with Crippen LogP contribution in [0.25, 0.3) is 0 Å². The minimum atomic E-state index is -1.23. The molecule has 0 aromatic carbocycles. The molecule has 1 atom stereocenters. The standard InChI is InChI=1S/C13H17N3O4/c1-7-5-9(10(11(14)17)8(2)15-7)16-13(12(18)19)3-4-20-6-13/h5H,3-4,6H2,1-2H3,(H2,14,17)(H,15,16)(H,18,19). The first-order valence-corrected chi connectivity index (χ1v) is 6.23. The van der Waals surface area contributed by atoms with Crippen molar-refractivity contribution in [2.24, 2.45) is 5.73 Å². The highest BCUT2D eigenvalue weighted by atomic mass is 16.5. The second kappa shape index (κ2) is 5.09. The zero-order valence-electron chi connectivity index (χ0n) is 11.4. The zero-order chi connectivity index (χ0) is 14.9. The number of amides is 1. The van der Waals surface area contributed by atoms with Gasteiger partial charge in [-0.3, -0.25) is 9.78 Å². The van der Waals surface area contributed by atoms with Crippen molar-refractivity contribution in [2.75, 3.05) is 18.5 Å². The predicted octanol–water partition coefficient (Wildman–Crippen LogP) is 0.453. The zero-order valence-corrected chi connectivity index (χ0v) is 11.4. The number of carboxylic acids is 1. The van der Waals surface area contributed by atoms with Crippen molar-refractivity contribution in [1.29, 1.82) is 0 Å². The van der Waals surface area contributed by atoms with Gasteiger partial charge in [-0.25, -0.2) is 4.79 Å². The minimum absolute atomic E-state index is 0.0426. The van der Waals surface area contributed by atoms with E-state index < -0.39 is 17.4 Å². The summed E-state index contributed by atoms with van der Waals surface area (Å²) in [4.78, 5) is 27.2. The molecule has 1 aliphatic rings. The molecule has 1 aromatic rings. The molecule has 0 saturated carbocycles. The highest BCUT2D eigenvalue weighted by Crippen LogP contribution is 2.28. The number of ether oxygens (including phenoxy) is 1. The molecule has 7 heteroatoms. The third-order valence-corrected chi connectivity index (χ3v) is 3.38. The number of aliphatic carboxylic acids is 1. The maximum Gasteiger partial charge on any atom is 0.331 e. The summed E-state index contributed by atoms with van der Waals surface area (Å²) in [6.45, 7) is 3.83. The van der Waals surface area contributed by atoms with E-state index in [-0.39, 0.29) is 12.2 Å². The van der Waals surface area contributed by atoms with Gasteiger partial charge in [-0.15, -0.1) is 0 Å². The average Bonchev–Trinajstić information content (AvgIpc) is 2.77. The summed E-state index contributed by atoms with van der Waals surface area (Å²) in [5, 5.41) is 12.3. The molecule has 0 bridgehead atoms. The van der Waals surface area contributed by atoms with Crippen molar-refractivity contribution in [2.45, 2.75) is 25.8 Å². The maximum absolute atomic E-state index is 11.6. The Labute approximate surface area is 116 Å². The summed E-state index contributed by atoms with van der Waals surface area (Å²) in [7, 11) is 0. The van der Waals surface area contributed by atoms with Crippen LogP contribution in [0.15, 0.2) is 6.07 Å². The molecular formula is C13H17N3O4. The van der Waals surface area contributed by atoms with Crippen molar-refractivity contribution in [3.05, 3.63) is 23.0 Å². The first-order chi connectivity index (χ1) is 9.35. The molecule has 1 unspecified atom stereocenters. The van der Waals surface area contributed by atoms with Crippen LogP contribution < -0.4 is 11.1 Å². The Morgan fingerprint density at radius 1 is 1.50 bits per heavy atom. The molecule has 2 heterocycles. The first-order valence-electron chi connectivity index (χ1n) is 6.23. The summed E-state index contributed by atoms with van der Waals surface area (Å²) in [5.41, 5.74) is 5.87. The van der Waals surface area contributed by atoms with Gasteiger partial charge >= 0.3 is 5.97 Å². The Kier molecular flexibility index (Phi) is 3.63. The van der Waals surface area contributed by atoms with E-state index in [4.69, 9.17) is 10.5 Å². The average molecular weight is 279 g/mol. The van der Waals surface area contributed by atoms with Crippen LogP contribution in [0.4, 0.5) is 5.69 Å². The third-order valence-electron chi connectivity index (χ3n) is 3.38. The van der Waals surface area contributed by atoms with Gasteiger partial charge in [0.05, 0.1) is 23.6 Å². The number of hydrogen-bond acceptors (Lipinski definition) is 5. The normalized spacial score (nSPS) is 21.7. The fourth-order valence-electron chi connectivity index (χ4n) is 2.38. The second-order valence-corrected chi connectivity index (χ2v) is 4.95. The van der Waals surface area contributed by atoms with Gasteiger partial charge in [0.25, 0.3) is 5.91 Å². The summed E-state index contributed by atoms with van der Waals surface area (Å²) >= 11 is 0. The minimum Gasteiger partial charge on any atom is -0.479 e. The fourth-order valence-corrected chi connectivity index (χ4v) is 2.38. The smallest absolute Gasteiger partial charge is 0.331 e. The monoisotopic (exact) mass is 279 g/mol. The molecule has 0 spiro atoms. The molecule has 0 radical (unpaired) electrons. The number of anilines is 1. The predicted molar refractivity (Wildman–Crippen MR) is 71.7 cm³/mol. The molecule has 1 aliphatic heterocycles. The topological polar surface area (TPSA) is 115 Å². The van der Waals surface area contributed by atoms with E-state index in [1.54, 1.807) is 19.9 Å². The number of pyridine rings is 1. The number of hydrogen-bond donors (Lipinski definition) is 3.